The van der Waals surface area contributed by atoms with Gasteiger partial charge in [0.1, 0.15) is 5.57 Å². The lowest BCUT2D eigenvalue weighted by Gasteiger charge is -2.26. The van der Waals surface area contributed by atoms with Crippen molar-refractivity contribution in [3.05, 3.63) is 57.6 Å². The van der Waals surface area contributed by atoms with E-state index in [0.29, 0.717) is 10.6 Å². The van der Waals surface area contributed by atoms with Crippen LogP contribution in [0.1, 0.15) is 5.56 Å². The fraction of sp³-hybridized carbons (Fsp3) is 0.143. The molecule has 0 unspecified atom stereocenters. The van der Waals surface area contributed by atoms with Crippen LogP contribution in [0.3, 0.4) is 0 Å². The van der Waals surface area contributed by atoms with Crippen molar-refractivity contribution in [3.63, 3.8) is 0 Å². The second-order valence-electron chi connectivity index (χ2n) is 6.33. The van der Waals surface area contributed by atoms with Crippen molar-refractivity contribution in [1.29, 1.82) is 0 Å². The minimum absolute atomic E-state index is 0.0643. The van der Waals surface area contributed by atoms with Crippen molar-refractivity contribution in [2.75, 3.05) is 25.7 Å². The molecule has 0 aliphatic carbocycles. The van der Waals surface area contributed by atoms with Crippen molar-refractivity contribution >= 4 is 58.8 Å². The Hall–Kier alpha value is -3.56. The maximum atomic E-state index is 13.0. The van der Waals surface area contributed by atoms with Crippen LogP contribution >= 0.6 is 23.2 Å². The average Bonchev–Trinajstić information content (AvgIpc) is 2.76. The quantitative estimate of drug-likeness (QED) is 0.385. The van der Waals surface area contributed by atoms with E-state index in [-0.39, 0.29) is 27.8 Å². The molecule has 0 aromatic heterocycles. The van der Waals surface area contributed by atoms with Crippen molar-refractivity contribution < 1.29 is 33.4 Å². The lowest BCUT2D eigenvalue weighted by Crippen LogP contribution is -2.54. The van der Waals surface area contributed by atoms with Gasteiger partial charge >= 0.3 is 12.0 Å². The molecule has 0 atom stereocenters. The van der Waals surface area contributed by atoms with E-state index < -0.39 is 30.4 Å². The van der Waals surface area contributed by atoms with E-state index in [0.717, 1.165) is 4.90 Å². The zero-order chi connectivity index (χ0) is 23.4. The number of hydrogen-bond donors (Lipinski definition) is 1. The summed E-state index contributed by atoms with van der Waals surface area (Å²) in [5, 5.41) is 2.61. The highest BCUT2D eigenvalue weighted by Crippen LogP contribution is 2.37. The molecule has 0 saturated carbocycles. The lowest BCUT2D eigenvalue weighted by atomic mass is 10.1. The number of esters is 1. The second-order valence-corrected chi connectivity index (χ2v) is 7.18. The van der Waals surface area contributed by atoms with E-state index in [9.17, 15) is 19.2 Å². The molecule has 9 nitrogen and oxygen atoms in total. The number of rotatable bonds is 6. The van der Waals surface area contributed by atoms with Crippen molar-refractivity contribution in [2.24, 2.45) is 0 Å². The van der Waals surface area contributed by atoms with E-state index in [1.54, 1.807) is 0 Å². The number of carbonyl (C=O) groups excluding carboxylic acids is 4. The second kappa shape index (κ2) is 9.71. The lowest BCUT2D eigenvalue weighted by molar-refractivity contribution is -0.143. The van der Waals surface area contributed by atoms with Gasteiger partial charge in [0.25, 0.3) is 11.8 Å². The van der Waals surface area contributed by atoms with Crippen LogP contribution in [0, 0.1) is 0 Å². The maximum absolute atomic E-state index is 13.0. The number of imide groups is 2. The number of hydrogen-bond acceptors (Lipinski definition) is 7. The van der Waals surface area contributed by atoms with Crippen LogP contribution in [-0.2, 0) is 19.1 Å². The van der Waals surface area contributed by atoms with E-state index in [4.69, 9.17) is 32.7 Å². The van der Waals surface area contributed by atoms with Gasteiger partial charge in [-0.1, -0.05) is 23.2 Å². The molecule has 1 heterocycles. The average molecular weight is 479 g/mol. The van der Waals surface area contributed by atoms with Gasteiger partial charge in [0.05, 0.1) is 24.9 Å². The highest BCUT2D eigenvalue weighted by atomic mass is 35.5. The number of methoxy groups -OCH3 is 2. The molecule has 2 aromatic carbocycles. The molecule has 3 rings (SSSR count). The summed E-state index contributed by atoms with van der Waals surface area (Å²) in [5.74, 6) is -2.08. The molecular weight excluding hydrogens is 463 g/mol. The number of amides is 4. The third-order valence-corrected chi connectivity index (χ3v) is 4.84. The van der Waals surface area contributed by atoms with E-state index >= 15 is 0 Å². The van der Waals surface area contributed by atoms with Gasteiger partial charge in [-0.2, -0.15) is 0 Å². The third-order valence-electron chi connectivity index (χ3n) is 4.31. The fourth-order valence-electron chi connectivity index (χ4n) is 2.80. The van der Waals surface area contributed by atoms with Gasteiger partial charge in [0.15, 0.2) is 18.1 Å². The molecule has 32 heavy (non-hydrogen) atoms. The normalized spacial score (nSPS) is 14.9. The number of ether oxygens (including phenoxy) is 3. The summed E-state index contributed by atoms with van der Waals surface area (Å²) in [6, 6.07) is 7.94. The molecule has 0 spiro atoms. The van der Waals surface area contributed by atoms with E-state index in [1.807, 2.05) is 0 Å². The van der Waals surface area contributed by atoms with Crippen LogP contribution in [0.5, 0.6) is 11.5 Å². The van der Waals surface area contributed by atoms with Crippen molar-refractivity contribution in [1.82, 2.24) is 5.32 Å². The molecule has 1 saturated heterocycles. The van der Waals surface area contributed by atoms with Crippen LogP contribution in [-0.4, -0.2) is 44.6 Å². The predicted octanol–water partition coefficient (Wildman–Crippen LogP) is 3.22. The van der Waals surface area contributed by atoms with Gasteiger partial charge in [-0.25, -0.2) is 14.5 Å². The number of nitrogens with one attached hydrogen (secondary N) is 1. The Morgan fingerprint density at radius 1 is 1.09 bits per heavy atom. The summed E-state index contributed by atoms with van der Waals surface area (Å²) in [7, 11) is 2.57. The minimum atomic E-state index is -0.887. The largest absolute Gasteiger partial charge is 0.493 e. The Bertz CT molecular complexity index is 1130. The molecular formula is C21H16Cl2N2O7. The molecule has 11 heteroatoms. The summed E-state index contributed by atoms with van der Waals surface area (Å²) in [4.78, 5) is 49.7. The predicted molar refractivity (Wildman–Crippen MR) is 116 cm³/mol. The maximum Gasteiger partial charge on any atom is 0.343 e. The molecule has 1 aliphatic rings. The number of nitrogens with zero attached hydrogens (tertiary/aromatic N) is 1. The van der Waals surface area contributed by atoms with Gasteiger partial charge in [-0.05, 0) is 48.0 Å². The Labute approximate surface area is 192 Å². The van der Waals surface area contributed by atoms with Gasteiger partial charge in [-0.15, -0.1) is 0 Å². The van der Waals surface area contributed by atoms with E-state index in [2.05, 4.69) is 10.1 Å². The standard InChI is InChI=1S/C21H16Cl2N2O7/c1-30-16-9-11(8-15(23)18(16)32-10-17(26)31-2)7-14-19(27)24-21(29)25(20(14)28)13-5-3-12(22)4-6-13/h3-9H,10H2,1-2H3,(H,24,27,29)/b14-7+. The molecule has 0 radical (unpaired) electrons. The molecule has 1 fully saturated rings. The Morgan fingerprint density at radius 3 is 2.41 bits per heavy atom. The van der Waals surface area contributed by atoms with Gasteiger partial charge in [0, 0.05) is 5.02 Å². The number of barbiturate groups is 1. The number of anilines is 1. The first-order valence-electron chi connectivity index (χ1n) is 8.99. The smallest absolute Gasteiger partial charge is 0.343 e. The molecule has 1 N–H and O–H groups in total. The van der Waals surface area contributed by atoms with Crippen LogP contribution in [0.2, 0.25) is 10.0 Å². The first-order chi connectivity index (χ1) is 15.2. The summed E-state index contributed by atoms with van der Waals surface area (Å²) < 4.78 is 15.1. The third kappa shape index (κ3) is 4.84. The number of halogens is 2. The Balaban J connectivity index is 1.96. The highest BCUT2D eigenvalue weighted by Gasteiger charge is 2.36. The Kier molecular flexibility index (Phi) is 7.01. The minimum Gasteiger partial charge on any atom is -0.493 e. The zero-order valence-electron chi connectivity index (χ0n) is 16.8. The van der Waals surface area contributed by atoms with Crippen LogP contribution in [0.15, 0.2) is 42.0 Å². The molecule has 0 bridgehead atoms. The van der Waals surface area contributed by atoms with Crippen LogP contribution in [0.4, 0.5) is 10.5 Å². The molecule has 1 aliphatic heterocycles. The van der Waals surface area contributed by atoms with Crippen LogP contribution < -0.4 is 19.7 Å². The van der Waals surface area contributed by atoms with Gasteiger partial charge in [-0.3, -0.25) is 14.9 Å². The molecule has 4 amide bonds. The summed E-state index contributed by atoms with van der Waals surface area (Å²) in [5.41, 5.74) is 0.250. The summed E-state index contributed by atoms with van der Waals surface area (Å²) >= 11 is 12.1. The molecule has 166 valence electrons. The zero-order valence-corrected chi connectivity index (χ0v) is 18.3. The highest BCUT2D eigenvalue weighted by molar-refractivity contribution is 6.39. The fourth-order valence-corrected chi connectivity index (χ4v) is 3.20. The SMILES string of the molecule is COC(=O)COc1c(Cl)cc(/C=C2\C(=O)NC(=O)N(c3ccc(Cl)cc3)C2=O)cc1OC. The van der Waals surface area contributed by atoms with Crippen molar-refractivity contribution in [2.45, 2.75) is 0 Å². The summed E-state index contributed by atoms with van der Waals surface area (Å²) in [6.07, 6.45) is 1.26. The first-order valence-corrected chi connectivity index (χ1v) is 9.75. The topological polar surface area (TPSA) is 111 Å². The monoisotopic (exact) mass is 478 g/mol. The number of carbonyl (C=O) groups is 4. The van der Waals surface area contributed by atoms with Crippen molar-refractivity contribution in [3.8, 4) is 11.5 Å². The van der Waals surface area contributed by atoms with Gasteiger partial charge in [0.2, 0.25) is 0 Å². The summed E-state index contributed by atoms with van der Waals surface area (Å²) in [6.45, 7) is -0.397. The number of urea groups is 1. The van der Waals surface area contributed by atoms with Gasteiger partial charge < -0.3 is 14.2 Å². The first kappa shape index (κ1) is 23.1. The Morgan fingerprint density at radius 2 is 1.78 bits per heavy atom. The van der Waals surface area contributed by atoms with E-state index in [1.165, 1.54) is 56.7 Å². The molecule has 2 aromatic rings. The van der Waals surface area contributed by atoms with Crippen LogP contribution in [0.25, 0.3) is 6.08 Å². The number of benzene rings is 2.